The van der Waals surface area contributed by atoms with Crippen molar-refractivity contribution < 1.29 is 0 Å². The molecule has 1 unspecified atom stereocenters. The fraction of sp³-hybridized carbons (Fsp3) is 0.143. The lowest BCUT2D eigenvalue weighted by Crippen LogP contribution is -1.97. The summed E-state index contributed by atoms with van der Waals surface area (Å²) in [6.45, 7) is 2.05. The van der Waals surface area contributed by atoms with E-state index in [0.29, 0.717) is 0 Å². The first-order valence-electron chi connectivity index (χ1n) is 5.44. The number of aryl methyl sites for hydroxylation is 1. The highest BCUT2D eigenvalue weighted by Gasteiger charge is 2.18. The summed E-state index contributed by atoms with van der Waals surface area (Å²) in [5.41, 5.74) is 3.26. The predicted molar refractivity (Wildman–Crippen MR) is 96.1 cm³/mol. The van der Waals surface area contributed by atoms with Crippen molar-refractivity contribution in [1.82, 2.24) is 0 Å². The van der Waals surface area contributed by atoms with E-state index in [0.717, 1.165) is 29.0 Å². The van der Waals surface area contributed by atoms with Crippen LogP contribution in [0.25, 0.3) is 0 Å². The van der Waals surface area contributed by atoms with Gasteiger partial charge in [-0.1, -0.05) is 69.8 Å². The van der Waals surface area contributed by atoms with E-state index in [4.69, 9.17) is 11.6 Å². The molecule has 0 spiro atoms. The monoisotopic (exact) mass is 528 g/mol. The van der Waals surface area contributed by atoms with Crippen LogP contribution in [0.3, 0.4) is 0 Å². The number of halogens is 5. The van der Waals surface area contributed by atoms with Crippen molar-refractivity contribution in [3.8, 4) is 0 Å². The van der Waals surface area contributed by atoms with E-state index in [1.54, 1.807) is 0 Å². The van der Waals surface area contributed by atoms with E-state index < -0.39 is 0 Å². The third-order valence-corrected chi connectivity index (χ3v) is 5.98. The van der Waals surface area contributed by atoms with Gasteiger partial charge in [0, 0.05) is 17.9 Å². The number of hydrogen-bond donors (Lipinski definition) is 0. The summed E-state index contributed by atoms with van der Waals surface area (Å²) in [6, 6.07) is 10.1. The van der Waals surface area contributed by atoms with Crippen LogP contribution in [0.2, 0.25) is 0 Å². The van der Waals surface area contributed by atoms with Gasteiger partial charge in [0.15, 0.2) is 0 Å². The summed E-state index contributed by atoms with van der Waals surface area (Å²) in [7, 11) is 0. The molecule has 100 valence electrons. The van der Waals surface area contributed by atoms with Crippen molar-refractivity contribution in [2.75, 3.05) is 0 Å². The minimum Gasteiger partial charge on any atom is -0.113 e. The van der Waals surface area contributed by atoms with E-state index in [1.165, 1.54) is 5.56 Å². The number of benzene rings is 2. The van der Waals surface area contributed by atoms with Gasteiger partial charge in [-0.05, 0) is 47.9 Å². The Morgan fingerprint density at radius 1 is 0.842 bits per heavy atom. The maximum absolute atomic E-state index is 6.62. The zero-order chi connectivity index (χ0) is 14.2. The Bertz CT molecular complexity index is 625. The average Bonchev–Trinajstić information content (AvgIpc) is 2.33. The molecule has 2 rings (SSSR count). The molecule has 1 atom stereocenters. The molecule has 0 aliphatic rings. The zero-order valence-electron chi connectivity index (χ0n) is 9.85. The molecule has 0 aliphatic heterocycles. The molecule has 0 N–H and O–H groups in total. The molecular formula is C14H9Br4Cl. The molecule has 0 bridgehead atoms. The molecule has 0 fully saturated rings. The van der Waals surface area contributed by atoms with E-state index in [2.05, 4.69) is 82.8 Å². The second-order valence-corrected chi connectivity index (χ2v) is 8.07. The van der Waals surface area contributed by atoms with Crippen molar-refractivity contribution in [3.05, 3.63) is 64.9 Å². The molecule has 0 aromatic heterocycles. The Kier molecular flexibility index (Phi) is 5.58. The molecule has 0 heterocycles. The van der Waals surface area contributed by atoms with Gasteiger partial charge in [-0.3, -0.25) is 0 Å². The average molecular weight is 532 g/mol. The van der Waals surface area contributed by atoms with Crippen molar-refractivity contribution in [3.63, 3.8) is 0 Å². The molecule has 5 heteroatoms. The SMILES string of the molecule is Cc1cc(Br)c(C(Cl)c2ccc(Br)cc2Br)cc1Br. The lowest BCUT2D eigenvalue weighted by atomic mass is 10.0. The maximum Gasteiger partial charge on any atom is 0.0857 e. The summed E-state index contributed by atoms with van der Waals surface area (Å²) in [6.07, 6.45) is 0. The molecular weight excluding hydrogens is 523 g/mol. The van der Waals surface area contributed by atoms with E-state index in [9.17, 15) is 0 Å². The third kappa shape index (κ3) is 3.65. The Hall–Kier alpha value is 0.650. The predicted octanol–water partition coefficient (Wildman–Crippen LogP) is 7.37. The number of hydrogen-bond acceptors (Lipinski definition) is 0. The molecule has 19 heavy (non-hydrogen) atoms. The Morgan fingerprint density at radius 3 is 2.11 bits per heavy atom. The molecule has 0 aliphatic carbocycles. The molecule has 0 saturated carbocycles. The van der Waals surface area contributed by atoms with Crippen LogP contribution < -0.4 is 0 Å². The van der Waals surface area contributed by atoms with Gasteiger partial charge in [-0.15, -0.1) is 11.6 Å². The normalized spacial score (nSPS) is 12.5. The molecule has 0 saturated heterocycles. The van der Waals surface area contributed by atoms with Crippen LogP contribution in [0.15, 0.2) is 48.2 Å². The molecule has 2 aromatic carbocycles. The van der Waals surface area contributed by atoms with Crippen LogP contribution in [0.4, 0.5) is 0 Å². The highest BCUT2D eigenvalue weighted by molar-refractivity contribution is 9.11. The second kappa shape index (κ2) is 6.61. The van der Waals surface area contributed by atoms with Gasteiger partial charge in [0.1, 0.15) is 0 Å². The van der Waals surface area contributed by atoms with Gasteiger partial charge in [-0.2, -0.15) is 0 Å². The maximum atomic E-state index is 6.62. The minimum atomic E-state index is -0.214. The first-order valence-corrected chi connectivity index (χ1v) is 9.05. The van der Waals surface area contributed by atoms with Crippen LogP contribution in [-0.2, 0) is 0 Å². The summed E-state index contributed by atoms with van der Waals surface area (Å²) >= 11 is 20.8. The van der Waals surface area contributed by atoms with Gasteiger partial charge in [0.2, 0.25) is 0 Å². The van der Waals surface area contributed by atoms with Gasteiger partial charge in [0.05, 0.1) is 5.38 Å². The van der Waals surface area contributed by atoms with Crippen molar-refractivity contribution in [2.45, 2.75) is 12.3 Å². The fourth-order valence-corrected chi connectivity index (χ4v) is 4.69. The van der Waals surface area contributed by atoms with Crippen molar-refractivity contribution in [2.24, 2.45) is 0 Å². The van der Waals surface area contributed by atoms with Crippen LogP contribution >= 0.6 is 75.3 Å². The number of rotatable bonds is 2. The van der Waals surface area contributed by atoms with Crippen LogP contribution in [0.5, 0.6) is 0 Å². The van der Waals surface area contributed by atoms with Crippen molar-refractivity contribution in [1.29, 1.82) is 0 Å². The van der Waals surface area contributed by atoms with Crippen LogP contribution in [-0.4, -0.2) is 0 Å². The quantitative estimate of drug-likeness (QED) is 0.355. The van der Waals surface area contributed by atoms with Crippen molar-refractivity contribution >= 4 is 75.3 Å². The van der Waals surface area contributed by atoms with Gasteiger partial charge < -0.3 is 0 Å². The Morgan fingerprint density at radius 2 is 1.47 bits per heavy atom. The van der Waals surface area contributed by atoms with Gasteiger partial charge in [0.25, 0.3) is 0 Å². The summed E-state index contributed by atoms with van der Waals surface area (Å²) in [5, 5.41) is -0.214. The van der Waals surface area contributed by atoms with Crippen LogP contribution in [0, 0.1) is 6.92 Å². The van der Waals surface area contributed by atoms with Crippen LogP contribution in [0.1, 0.15) is 22.1 Å². The topological polar surface area (TPSA) is 0 Å². The third-order valence-electron chi connectivity index (χ3n) is 2.79. The van der Waals surface area contributed by atoms with E-state index in [-0.39, 0.29) is 5.38 Å². The zero-order valence-corrected chi connectivity index (χ0v) is 17.0. The second-order valence-electron chi connectivity index (χ2n) is 4.15. The first-order chi connectivity index (χ1) is 8.90. The smallest absolute Gasteiger partial charge is 0.0857 e. The minimum absolute atomic E-state index is 0.214. The first kappa shape index (κ1) is 16.0. The molecule has 0 nitrogen and oxygen atoms in total. The Balaban J connectivity index is 2.49. The van der Waals surface area contributed by atoms with E-state index >= 15 is 0 Å². The lowest BCUT2D eigenvalue weighted by molar-refractivity contribution is 1.11. The summed E-state index contributed by atoms with van der Waals surface area (Å²) in [5.74, 6) is 0. The van der Waals surface area contributed by atoms with Gasteiger partial charge >= 0.3 is 0 Å². The molecule has 0 radical (unpaired) electrons. The fourth-order valence-electron chi connectivity index (χ4n) is 1.73. The highest BCUT2D eigenvalue weighted by atomic mass is 79.9. The molecule has 0 amide bonds. The summed E-state index contributed by atoms with van der Waals surface area (Å²) < 4.78 is 4.09. The highest BCUT2D eigenvalue weighted by Crippen LogP contribution is 2.40. The Labute approximate surface area is 151 Å². The van der Waals surface area contributed by atoms with Gasteiger partial charge in [-0.25, -0.2) is 0 Å². The largest absolute Gasteiger partial charge is 0.113 e. The summed E-state index contributed by atoms with van der Waals surface area (Å²) in [4.78, 5) is 0. The number of alkyl halides is 1. The van der Waals surface area contributed by atoms with E-state index in [1.807, 2.05) is 18.2 Å². The molecule has 2 aromatic rings. The standard InChI is InChI=1S/C14H9Br4Cl/c1-7-4-12(17)10(6-11(7)16)14(19)9-3-2-8(15)5-13(9)18/h2-6,14H,1H3. The lowest BCUT2D eigenvalue weighted by Gasteiger charge is -2.16.